The van der Waals surface area contributed by atoms with Crippen molar-refractivity contribution in [1.82, 2.24) is 0 Å². The van der Waals surface area contributed by atoms with E-state index >= 15 is 0 Å². The number of carbonyl (C=O) groups excluding carboxylic acids is 1. The van der Waals surface area contributed by atoms with Crippen LogP contribution in [0.4, 0.5) is 15.8 Å². The molecule has 0 bridgehead atoms. The van der Waals surface area contributed by atoms with Crippen LogP contribution >= 0.6 is 0 Å². The summed E-state index contributed by atoms with van der Waals surface area (Å²) in [7, 11) is 0. The van der Waals surface area contributed by atoms with Crippen molar-refractivity contribution in [3.05, 3.63) is 58.9 Å². The normalized spacial score (nSPS) is 16.7. The molecule has 0 aliphatic carbocycles. The third-order valence-electron chi connectivity index (χ3n) is 4.91. The number of nitrogens with zero attached hydrogens (tertiary/aromatic N) is 1. The summed E-state index contributed by atoms with van der Waals surface area (Å²) in [6, 6.07) is 11.0. The SMILES string of the molecule is Cc1cccc(NC(=O)CN2c3ccc(F)cc3CCC2C)c1C. The Morgan fingerprint density at radius 3 is 2.88 bits per heavy atom. The van der Waals surface area contributed by atoms with Gasteiger partial charge in [-0.05, 0) is 74.6 Å². The average molecular weight is 326 g/mol. The van der Waals surface area contributed by atoms with E-state index in [1.807, 2.05) is 32.0 Å². The van der Waals surface area contributed by atoms with E-state index in [2.05, 4.69) is 17.1 Å². The quantitative estimate of drug-likeness (QED) is 0.916. The predicted octanol–water partition coefficient (Wildman–Crippen LogP) is 4.22. The maximum absolute atomic E-state index is 13.5. The summed E-state index contributed by atoms with van der Waals surface area (Å²) in [5.41, 5.74) is 5.03. The number of aryl methyl sites for hydroxylation is 2. The van der Waals surface area contributed by atoms with Crippen LogP contribution < -0.4 is 10.2 Å². The van der Waals surface area contributed by atoms with Crippen molar-refractivity contribution in [3.63, 3.8) is 0 Å². The smallest absolute Gasteiger partial charge is 0.243 e. The van der Waals surface area contributed by atoms with Crippen molar-refractivity contribution in [1.29, 1.82) is 0 Å². The van der Waals surface area contributed by atoms with Crippen molar-refractivity contribution < 1.29 is 9.18 Å². The van der Waals surface area contributed by atoms with E-state index in [9.17, 15) is 9.18 Å². The lowest BCUT2D eigenvalue weighted by atomic mass is 9.96. The van der Waals surface area contributed by atoms with Crippen molar-refractivity contribution in [2.75, 3.05) is 16.8 Å². The molecule has 24 heavy (non-hydrogen) atoms. The molecule has 126 valence electrons. The summed E-state index contributed by atoms with van der Waals surface area (Å²) < 4.78 is 13.5. The van der Waals surface area contributed by atoms with Gasteiger partial charge in [0.2, 0.25) is 5.91 Å². The fourth-order valence-electron chi connectivity index (χ4n) is 3.26. The maximum atomic E-state index is 13.5. The number of nitrogens with one attached hydrogen (secondary N) is 1. The first-order valence-corrected chi connectivity index (χ1v) is 8.37. The van der Waals surface area contributed by atoms with Crippen LogP contribution in [0.1, 0.15) is 30.0 Å². The Morgan fingerprint density at radius 1 is 1.29 bits per heavy atom. The molecule has 3 nitrogen and oxygen atoms in total. The van der Waals surface area contributed by atoms with Crippen molar-refractivity contribution >= 4 is 17.3 Å². The summed E-state index contributed by atoms with van der Waals surface area (Å²) in [6.07, 6.45) is 1.77. The molecule has 1 heterocycles. The molecule has 1 unspecified atom stereocenters. The molecular weight excluding hydrogens is 303 g/mol. The van der Waals surface area contributed by atoms with Crippen LogP contribution in [0.25, 0.3) is 0 Å². The largest absolute Gasteiger partial charge is 0.359 e. The minimum Gasteiger partial charge on any atom is -0.359 e. The van der Waals surface area contributed by atoms with Gasteiger partial charge in [0.25, 0.3) is 0 Å². The highest BCUT2D eigenvalue weighted by atomic mass is 19.1. The van der Waals surface area contributed by atoms with Gasteiger partial charge in [0.1, 0.15) is 5.82 Å². The zero-order valence-electron chi connectivity index (χ0n) is 14.4. The summed E-state index contributed by atoms with van der Waals surface area (Å²) >= 11 is 0. The lowest BCUT2D eigenvalue weighted by Gasteiger charge is -2.36. The first-order valence-electron chi connectivity index (χ1n) is 8.37. The second kappa shape index (κ2) is 6.63. The molecule has 0 saturated heterocycles. The number of benzene rings is 2. The van der Waals surface area contributed by atoms with E-state index in [-0.39, 0.29) is 24.3 Å². The fourth-order valence-corrected chi connectivity index (χ4v) is 3.26. The number of halogens is 1. The number of carbonyl (C=O) groups is 1. The molecule has 4 heteroatoms. The van der Waals surface area contributed by atoms with Crippen LogP contribution in [0.3, 0.4) is 0 Å². The van der Waals surface area contributed by atoms with Gasteiger partial charge in [-0.2, -0.15) is 0 Å². The lowest BCUT2D eigenvalue weighted by Crippen LogP contribution is -2.42. The molecule has 1 N–H and O–H groups in total. The summed E-state index contributed by atoms with van der Waals surface area (Å²) in [5.74, 6) is -0.268. The molecule has 0 fully saturated rings. The summed E-state index contributed by atoms with van der Waals surface area (Å²) in [6.45, 7) is 6.42. The van der Waals surface area contributed by atoms with E-state index in [1.54, 1.807) is 12.1 Å². The molecule has 0 aromatic heterocycles. The summed E-state index contributed by atoms with van der Waals surface area (Å²) in [5, 5.41) is 3.01. The van der Waals surface area contributed by atoms with Crippen LogP contribution in [-0.2, 0) is 11.2 Å². The van der Waals surface area contributed by atoms with Gasteiger partial charge < -0.3 is 10.2 Å². The third kappa shape index (κ3) is 3.28. The fraction of sp³-hybridized carbons (Fsp3) is 0.350. The van der Waals surface area contributed by atoms with E-state index in [0.29, 0.717) is 0 Å². The standard InChI is InChI=1S/C20H23FN2O/c1-13-5-4-6-18(15(13)3)22-20(24)12-23-14(2)7-8-16-11-17(21)9-10-19(16)23/h4-6,9-11,14H,7-8,12H2,1-3H3,(H,22,24). The van der Waals surface area contributed by atoms with Crippen LogP contribution in [0.5, 0.6) is 0 Å². The molecule has 2 aromatic rings. The second-order valence-electron chi connectivity index (χ2n) is 6.58. The zero-order valence-corrected chi connectivity index (χ0v) is 14.4. The lowest BCUT2D eigenvalue weighted by molar-refractivity contribution is -0.115. The van der Waals surface area contributed by atoms with Crippen LogP contribution in [0, 0.1) is 19.7 Å². The molecule has 2 aromatic carbocycles. The monoisotopic (exact) mass is 326 g/mol. The second-order valence-corrected chi connectivity index (χ2v) is 6.58. The molecular formula is C20H23FN2O. The number of hydrogen-bond acceptors (Lipinski definition) is 2. The van der Waals surface area contributed by atoms with Gasteiger partial charge in [0, 0.05) is 17.4 Å². The van der Waals surface area contributed by atoms with E-state index in [4.69, 9.17) is 0 Å². The zero-order chi connectivity index (χ0) is 17.3. The highest BCUT2D eigenvalue weighted by molar-refractivity contribution is 5.95. The van der Waals surface area contributed by atoms with Crippen LogP contribution in [-0.4, -0.2) is 18.5 Å². The van der Waals surface area contributed by atoms with Crippen molar-refractivity contribution in [3.8, 4) is 0 Å². The van der Waals surface area contributed by atoms with Gasteiger partial charge >= 0.3 is 0 Å². The Bertz CT molecular complexity index is 772. The highest BCUT2D eigenvalue weighted by Gasteiger charge is 2.25. The van der Waals surface area contributed by atoms with Crippen molar-refractivity contribution in [2.24, 2.45) is 0 Å². The van der Waals surface area contributed by atoms with Gasteiger partial charge in [-0.1, -0.05) is 12.1 Å². The van der Waals surface area contributed by atoms with Gasteiger partial charge in [-0.3, -0.25) is 4.79 Å². The highest BCUT2D eigenvalue weighted by Crippen LogP contribution is 2.31. The van der Waals surface area contributed by atoms with Gasteiger partial charge in [0.05, 0.1) is 6.54 Å². The first kappa shape index (κ1) is 16.5. The molecule has 1 aliphatic heterocycles. The molecule has 1 aliphatic rings. The predicted molar refractivity (Wildman–Crippen MR) is 96.1 cm³/mol. The number of anilines is 2. The third-order valence-corrected chi connectivity index (χ3v) is 4.91. The van der Waals surface area contributed by atoms with E-state index in [1.165, 1.54) is 6.07 Å². The molecule has 0 saturated carbocycles. The number of hydrogen-bond donors (Lipinski definition) is 1. The number of rotatable bonds is 3. The minimum absolute atomic E-state index is 0.0484. The molecule has 1 atom stereocenters. The maximum Gasteiger partial charge on any atom is 0.243 e. The first-order chi connectivity index (χ1) is 11.5. The topological polar surface area (TPSA) is 32.3 Å². The van der Waals surface area contributed by atoms with Gasteiger partial charge in [0.15, 0.2) is 0 Å². The van der Waals surface area contributed by atoms with Crippen LogP contribution in [0.15, 0.2) is 36.4 Å². The summed E-state index contributed by atoms with van der Waals surface area (Å²) in [4.78, 5) is 14.6. The average Bonchev–Trinajstić information content (AvgIpc) is 2.54. The van der Waals surface area contributed by atoms with E-state index < -0.39 is 0 Å². The Morgan fingerprint density at radius 2 is 2.08 bits per heavy atom. The molecule has 0 radical (unpaired) electrons. The Kier molecular flexibility index (Phi) is 4.56. The number of amides is 1. The Balaban J connectivity index is 1.78. The van der Waals surface area contributed by atoms with Gasteiger partial charge in [-0.25, -0.2) is 4.39 Å². The molecule has 0 spiro atoms. The van der Waals surface area contributed by atoms with Crippen molar-refractivity contribution in [2.45, 2.75) is 39.7 Å². The number of fused-ring (bicyclic) bond motifs is 1. The van der Waals surface area contributed by atoms with E-state index in [0.717, 1.165) is 40.9 Å². The Hall–Kier alpha value is -2.36. The molecule has 3 rings (SSSR count). The van der Waals surface area contributed by atoms with Crippen LogP contribution in [0.2, 0.25) is 0 Å². The minimum atomic E-state index is -0.219. The van der Waals surface area contributed by atoms with Gasteiger partial charge in [-0.15, -0.1) is 0 Å². The Labute approximate surface area is 142 Å². The molecule has 1 amide bonds.